The Labute approximate surface area is 179 Å². The third-order valence-corrected chi connectivity index (χ3v) is 5.42. The molecule has 1 aliphatic heterocycles. The van der Waals surface area contributed by atoms with E-state index in [1.807, 2.05) is 0 Å². The molecule has 0 radical (unpaired) electrons. The van der Waals surface area contributed by atoms with Crippen molar-refractivity contribution in [1.82, 2.24) is 9.80 Å². The Kier molecular flexibility index (Phi) is 6.45. The number of rotatable bonds is 9. The highest BCUT2D eigenvalue weighted by Crippen LogP contribution is 2.42. The minimum atomic E-state index is -1.15. The topological polar surface area (TPSA) is 117 Å². The number of carboxylic acids is 2. The van der Waals surface area contributed by atoms with Gasteiger partial charge in [-0.3, -0.25) is 19.3 Å². The summed E-state index contributed by atoms with van der Waals surface area (Å²) in [6.45, 7) is -0.495. The number of carbonyl (C=O) groups is 3. The molecule has 2 aromatic rings. The van der Waals surface area contributed by atoms with Crippen LogP contribution in [0.1, 0.15) is 23.2 Å². The molecule has 31 heavy (non-hydrogen) atoms. The second kappa shape index (κ2) is 9.05. The first kappa shape index (κ1) is 22.1. The molecule has 9 nitrogen and oxygen atoms in total. The quantitative estimate of drug-likeness (QED) is 0.581. The van der Waals surface area contributed by atoms with E-state index in [1.165, 1.54) is 24.0 Å². The molecule has 0 aliphatic carbocycles. The summed E-state index contributed by atoms with van der Waals surface area (Å²) in [6.07, 6.45) is 0. The van der Waals surface area contributed by atoms with Crippen molar-refractivity contribution in [2.75, 3.05) is 27.8 Å². The van der Waals surface area contributed by atoms with Gasteiger partial charge in [0.15, 0.2) is 11.5 Å². The van der Waals surface area contributed by atoms with Crippen molar-refractivity contribution in [3.05, 3.63) is 59.7 Å². The number of benzene rings is 2. The number of likely N-dealkylation sites (N-methyl/N-ethyl adjacent to an activating group) is 1. The summed E-state index contributed by atoms with van der Waals surface area (Å²) in [6, 6.07) is 11.0. The van der Waals surface area contributed by atoms with Crippen molar-refractivity contribution >= 4 is 17.8 Å². The van der Waals surface area contributed by atoms with E-state index in [1.54, 1.807) is 55.6 Å². The van der Waals surface area contributed by atoms with E-state index in [0.29, 0.717) is 22.6 Å². The van der Waals surface area contributed by atoms with E-state index >= 15 is 0 Å². The first-order valence-electron chi connectivity index (χ1n) is 9.54. The number of nitrogens with zero attached hydrogens (tertiary/aromatic N) is 2. The molecule has 1 saturated heterocycles. The van der Waals surface area contributed by atoms with Gasteiger partial charge in [-0.05, 0) is 30.3 Å². The van der Waals surface area contributed by atoms with Gasteiger partial charge in [0.05, 0.1) is 20.3 Å². The van der Waals surface area contributed by atoms with Crippen molar-refractivity contribution in [2.24, 2.45) is 0 Å². The van der Waals surface area contributed by atoms with Gasteiger partial charge in [-0.1, -0.05) is 36.4 Å². The number of amides is 1. The smallest absolute Gasteiger partial charge is 0.325 e. The maximum atomic E-state index is 12.9. The van der Waals surface area contributed by atoms with Gasteiger partial charge < -0.3 is 24.6 Å². The minimum absolute atomic E-state index is 0.425. The molecule has 1 heterocycles. The van der Waals surface area contributed by atoms with Gasteiger partial charge in [0.2, 0.25) is 5.91 Å². The molecule has 0 aromatic heterocycles. The van der Waals surface area contributed by atoms with Gasteiger partial charge in [-0.2, -0.15) is 0 Å². The van der Waals surface area contributed by atoms with Crippen LogP contribution in [0.15, 0.2) is 48.5 Å². The molecule has 2 N–H and O–H groups in total. The standard InChI is InChI=1S/C22H24N2O7/c1-23(19(22(28)29)13-7-5-4-6-8-13)20-18(24(21(20)27)12-17(25)26)14-9-10-15(30-2)16(11-14)31-3/h4-11,18-20H,12H2,1-3H3,(H,25,26)(H,28,29)/t18-,19?,20+/m1/s1. The summed E-state index contributed by atoms with van der Waals surface area (Å²) in [7, 11) is 4.53. The number of likely N-dealkylation sites (tertiary alicyclic amines) is 1. The van der Waals surface area contributed by atoms with E-state index in [9.17, 15) is 24.6 Å². The van der Waals surface area contributed by atoms with Crippen LogP contribution < -0.4 is 9.47 Å². The summed E-state index contributed by atoms with van der Waals surface area (Å²) >= 11 is 0. The second-order valence-corrected chi connectivity index (χ2v) is 7.18. The maximum absolute atomic E-state index is 12.9. The summed E-state index contributed by atoms with van der Waals surface area (Å²) in [5.41, 5.74) is 1.14. The highest BCUT2D eigenvalue weighted by molar-refractivity contribution is 5.93. The molecule has 0 bridgehead atoms. The SMILES string of the molecule is COc1ccc([C@@H]2[C@H](N(C)C(C(=O)O)c3ccccc3)C(=O)N2CC(=O)O)cc1OC. The van der Waals surface area contributed by atoms with Crippen LogP contribution in [0.3, 0.4) is 0 Å². The zero-order valence-corrected chi connectivity index (χ0v) is 17.4. The Hall–Kier alpha value is -3.59. The zero-order chi connectivity index (χ0) is 22.7. The van der Waals surface area contributed by atoms with E-state index < -0.39 is 42.5 Å². The number of carboxylic acid groups (broad SMARTS) is 2. The minimum Gasteiger partial charge on any atom is -0.493 e. The largest absolute Gasteiger partial charge is 0.493 e. The van der Waals surface area contributed by atoms with Crippen molar-refractivity contribution in [2.45, 2.75) is 18.1 Å². The lowest BCUT2D eigenvalue weighted by Gasteiger charge is -2.51. The number of methoxy groups -OCH3 is 2. The van der Waals surface area contributed by atoms with Gasteiger partial charge in [0, 0.05) is 0 Å². The monoisotopic (exact) mass is 428 g/mol. The van der Waals surface area contributed by atoms with E-state index in [2.05, 4.69) is 0 Å². The molecule has 1 amide bonds. The van der Waals surface area contributed by atoms with Gasteiger partial charge in [0.25, 0.3) is 0 Å². The van der Waals surface area contributed by atoms with E-state index in [0.717, 1.165) is 0 Å². The summed E-state index contributed by atoms with van der Waals surface area (Å²) in [5.74, 6) is -1.80. The average molecular weight is 428 g/mol. The zero-order valence-electron chi connectivity index (χ0n) is 17.4. The van der Waals surface area contributed by atoms with Gasteiger partial charge in [0.1, 0.15) is 18.6 Å². The molecule has 0 saturated carbocycles. The Bertz CT molecular complexity index is 979. The molecule has 164 valence electrons. The van der Waals surface area contributed by atoms with Crippen LogP contribution in [0.4, 0.5) is 0 Å². The average Bonchev–Trinajstić information content (AvgIpc) is 2.75. The molecule has 1 fully saturated rings. The predicted octanol–water partition coefficient (Wildman–Crippen LogP) is 1.80. The lowest BCUT2D eigenvalue weighted by Crippen LogP contribution is -2.66. The first-order chi connectivity index (χ1) is 14.8. The molecule has 2 aromatic carbocycles. The fourth-order valence-corrected chi connectivity index (χ4v) is 4.00. The van der Waals surface area contributed by atoms with Crippen LogP contribution in [0, 0.1) is 0 Å². The number of carbonyl (C=O) groups excluding carboxylic acids is 1. The molecule has 3 rings (SSSR count). The highest BCUT2D eigenvalue weighted by Gasteiger charge is 2.53. The number of β-lactam (4-membered cyclic amide) rings is 1. The number of hydrogen-bond acceptors (Lipinski definition) is 6. The number of ether oxygens (including phenoxy) is 2. The van der Waals surface area contributed by atoms with Crippen LogP contribution in [-0.2, 0) is 14.4 Å². The van der Waals surface area contributed by atoms with Crippen LogP contribution in [0.2, 0.25) is 0 Å². The van der Waals surface area contributed by atoms with Crippen LogP contribution in [-0.4, -0.2) is 71.7 Å². The van der Waals surface area contributed by atoms with Crippen LogP contribution in [0.25, 0.3) is 0 Å². The van der Waals surface area contributed by atoms with E-state index in [4.69, 9.17) is 9.47 Å². The molecule has 1 aliphatic rings. The second-order valence-electron chi connectivity index (χ2n) is 7.18. The molecule has 0 spiro atoms. The highest BCUT2D eigenvalue weighted by atomic mass is 16.5. The third kappa shape index (κ3) is 4.17. The maximum Gasteiger partial charge on any atom is 0.325 e. The summed E-state index contributed by atoms with van der Waals surface area (Å²) in [5, 5.41) is 19.1. The molecular weight excluding hydrogens is 404 g/mol. The van der Waals surface area contributed by atoms with Crippen molar-refractivity contribution in [3.63, 3.8) is 0 Å². The van der Waals surface area contributed by atoms with Gasteiger partial charge in [-0.25, -0.2) is 0 Å². The normalized spacial score (nSPS) is 19.0. The fourth-order valence-electron chi connectivity index (χ4n) is 4.00. The predicted molar refractivity (Wildman–Crippen MR) is 110 cm³/mol. The fraction of sp³-hybridized carbons (Fsp3) is 0.318. The van der Waals surface area contributed by atoms with Crippen LogP contribution in [0.5, 0.6) is 11.5 Å². The molecule has 9 heteroatoms. The summed E-state index contributed by atoms with van der Waals surface area (Å²) < 4.78 is 10.6. The molecular formula is C22H24N2O7. The Balaban J connectivity index is 2.02. The Morgan fingerprint density at radius 3 is 2.26 bits per heavy atom. The number of aliphatic carboxylic acids is 2. The van der Waals surface area contributed by atoms with Crippen LogP contribution >= 0.6 is 0 Å². The Morgan fingerprint density at radius 1 is 1.06 bits per heavy atom. The lowest BCUT2D eigenvalue weighted by molar-refractivity contribution is -0.169. The lowest BCUT2D eigenvalue weighted by atomic mass is 9.85. The van der Waals surface area contributed by atoms with E-state index in [-0.39, 0.29) is 0 Å². The van der Waals surface area contributed by atoms with Crippen molar-refractivity contribution in [1.29, 1.82) is 0 Å². The third-order valence-electron chi connectivity index (χ3n) is 5.42. The number of hydrogen-bond donors (Lipinski definition) is 2. The Morgan fingerprint density at radius 2 is 1.71 bits per heavy atom. The van der Waals surface area contributed by atoms with Gasteiger partial charge in [-0.15, -0.1) is 0 Å². The molecule has 1 unspecified atom stereocenters. The summed E-state index contributed by atoms with van der Waals surface area (Å²) in [4.78, 5) is 39.0. The first-order valence-corrected chi connectivity index (χ1v) is 9.54. The van der Waals surface area contributed by atoms with Crippen molar-refractivity contribution < 1.29 is 34.1 Å². The van der Waals surface area contributed by atoms with Gasteiger partial charge >= 0.3 is 11.9 Å². The van der Waals surface area contributed by atoms with Crippen molar-refractivity contribution in [3.8, 4) is 11.5 Å². The molecule has 3 atom stereocenters.